The van der Waals surface area contributed by atoms with Gasteiger partial charge in [-0.05, 0) is 64.7 Å². The number of halogens is 2. The Labute approximate surface area is 349 Å². The van der Waals surface area contributed by atoms with Gasteiger partial charge in [-0.15, -0.1) is 0 Å². The molecule has 0 spiro atoms. The van der Waals surface area contributed by atoms with Crippen molar-refractivity contribution in [3.05, 3.63) is 82.6 Å². The molecule has 0 radical (unpaired) electrons. The second kappa shape index (κ2) is 16.6. The number of benzene rings is 4. The summed E-state index contributed by atoms with van der Waals surface area (Å²) in [5.41, 5.74) is 1.67. The molecule has 5 amide bonds. The number of piperidine rings is 1. The first-order valence-electron chi connectivity index (χ1n) is 19.7. The van der Waals surface area contributed by atoms with E-state index in [-0.39, 0.29) is 96.9 Å². The molecule has 0 saturated carbocycles. The smallest absolute Gasteiger partial charge is 0.255 e. The molecule has 0 aliphatic carbocycles. The summed E-state index contributed by atoms with van der Waals surface area (Å²) in [6, 6.07) is 16.4. The lowest BCUT2D eigenvalue weighted by atomic mass is 9.96. The number of imide groups is 1. The van der Waals surface area contributed by atoms with E-state index in [4.69, 9.17) is 21.3 Å². The van der Waals surface area contributed by atoms with Gasteiger partial charge in [0, 0.05) is 82.6 Å². The van der Waals surface area contributed by atoms with Crippen molar-refractivity contribution in [1.29, 1.82) is 0 Å². The number of anilines is 2. The summed E-state index contributed by atoms with van der Waals surface area (Å²) >= 11 is 6.85. The second-order valence-electron chi connectivity index (χ2n) is 15.1. The van der Waals surface area contributed by atoms with Crippen LogP contribution in [0.5, 0.6) is 11.5 Å². The minimum atomic E-state index is -0.712. The first-order valence-corrected chi connectivity index (χ1v) is 20.0. The fraction of sp³-hybridized carbons (Fsp3) is 0.326. The fourth-order valence-electron chi connectivity index (χ4n) is 8.02. The van der Waals surface area contributed by atoms with Crippen molar-refractivity contribution in [3.63, 3.8) is 0 Å². The largest absolute Gasteiger partial charge is 0.508 e. The Morgan fingerprint density at radius 2 is 1.80 bits per heavy atom. The van der Waals surface area contributed by atoms with Crippen molar-refractivity contribution in [3.8, 4) is 22.6 Å². The number of aromatic hydroxyl groups is 1. The molecule has 2 fully saturated rings. The highest BCUT2D eigenvalue weighted by molar-refractivity contribution is 6.35. The number of phenols is 1. The molecule has 4 aromatic carbocycles. The van der Waals surface area contributed by atoms with Gasteiger partial charge in [0.15, 0.2) is 5.82 Å². The molecule has 2 saturated heterocycles. The molecule has 5 aromatic rings. The summed E-state index contributed by atoms with van der Waals surface area (Å²) in [5.74, 6) is -1.03. The van der Waals surface area contributed by atoms with Gasteiger partial charge in [-0.2, -0.15) is 4.98 Å². The average Bonchev–Trinajstić information content (AvgIpc) is 3.55. The molecule has 3 aliphatic rings. The molecule has 3 aliphatic heterocycles. The Balaban J connectivity index is 0.945. The van der Waals surface area contributed by atoms with Crippen molar-refractivity contribution in [1.82, 2.24) is 30.0 Å². The van der Waals surface area contributed by atoms with Gasteiger partial charge in [0.1, 0.15) is 35.5 Å². The SMILES string of the molecule is CC(=O)N1CCN(c2nc(NCCC(=O)N(C)CCOc3ccc4c(c3)CN(C3CCC(=O)NC3=O)C4=O)nc3c(F)c(-c4cc(O)cc5ccccc45)c(Cl)cc23)CC1. The van der Waals surface area contributed by atoms with E-state index in [2.05, 4.69) is 15.6 Å². The summed E-state index contributed by atoms with van der Waals surface area (Å²) < 4.78 is 22.8. The van der Waals surface area contributed by atoms with E-state index in [0.29, 0.717) is 70.6 Å². The maximum atomic E-state index is 16.9. The molecule has 1 unspecified atom stereocenters. The van der Waals surface area contributed by atoms with Crippen LogP contribution in [0.1, 0.15) is 42.1 Å². The molecule has 17 heteroatoms. The molecule has 0 bridgehead atoms. The van der Waals surface area contributed by atoms with Crippen molar-refractivity contribution < 1.29 is 38.2 Å². The van der Waals surface area contributed by atoms with Gasteiger partial charge in [0.2, 0.25) is 29.6 Å². The monoisotopic (exact) mass is 836 g/mol. The van der Waals surface area contributed by atoms with Crippen LogP contribution >= 0.6 is 11.6 Å². The zero-order chi connectivity index (χ0) is 42.2. The second-order valence-corrected chi connectivity index (χ2v) is 15.5. The third-order valence-electron chi connectivity index (χ3n) is 11.2. The number of amides is 5. The number of ether oxygens (including phenoxy) is 1. The lowest BCUT2D eigenvalue weighted by Crippen LogP contribution is -2.52. The molecule has 4 heterocycles. The van der Waals surface area contributed by atoms with E-state index >= 15 is 4.39 Å². The molecule has 1 atom stereocenters. The lowest BCUT2D eigenvalue weighted by Gasteiger charge is -2.35. The van der Waals surface area contributed by atoms with Crippen molar-refractivity contribution in [2.24, 2.45) is 0 Å². The van der Waals surface area contributed by atoms with Crippen LogP contribution in [0.15, 0.2) is 60.7 Å². The summed E-state index contributed by atoms with van der Waals surface area (Å²) in [4.78, 5) is 78.3. The van der Waals surface area contributed by atoms with E-state index < -0.39 is 17.8 Å². The van der Waals surface area contributed by atoms with Crippen molar-refractivity contribution in [2.75, 3.05) is 63.1 Å². The van der Waals surface area contributed by atoms with E-state index in [9.17, 15) is 29.1 Å². The van der Waals surface area contributed by atoms with Crippen LogP contribution in [0.25, 0.3) is 32.8 Å². The number of rotatable bonds is 11. The topological polar surface area (TPSA) is 178 Å². The third kappa shape index (κ3) is 7.94. The Morgan fingerprint density at radius 3 is 2.57 bits per heavy atom. The average molecular weight is 837 g/mol. The van der Waals surface area contributed by atoms with Crippen LogP contribution in [0.3, 0.4) is 0 Å². The highest BCUT2D eigenvalue weighted by Gasteiger charge is 2.39. The van der Waals surface area contributed by atoms with Crippen LogP contribution < -0.4 is 20.3 Å². The quantitative estimate of drug-likeness (QED) is 0.157. The first kappa shape index (κ1) is 40.2. The Hall–Kier alpha value is -6.55. The summed E-state index contributed by atoms with van der Waals surface area (Å²) in [7, 11) is 1.65. The third-order valence-corrected chi connectivity index (χ3v) is 11.5. The number of aromatic nitrogens is 2. The van der Waals surface area contributed by atoms with Crippen molar-refractivity contribution >= 4 is 74.6 Å². The van der Waals surface area contributed by atoms with E-state index in [1.165, 1.54) is 22.8 Å². The van der Waals surface area contributed by atoms with Gasteiger partial charge >= 0.3 is 0 Å². The molecule has 1 aromatic heterocycles. The number of fused-ring (bicyclic) bond motifs is 3. The minimum Gasteiger partial charge on any atom is -0.508 e. The minimum absolute atomic E-state index is 0.00326. The fourth-order valence-corrected chi connectivity index (χ4v) is 8.31. The van der Waals surface area contributed by atoms with Gasteiger partial charge < -0.3 is 34.8 Å². The molecule has 60 heavy (non-hydrogen) atoms. The number of hydrogen-bond donors (Lipinski definition) is 3. The van der Waals surface area contributed by atoms with E-state index in [1.54, 1.807) is 42.3 Å². The predicted octanol–water partition coefficient (Wildman–Crippen LogP) is 4.72. The van der Waals surface area contributed by atoms with Gasteiger partial charge in [-0.1, -0.05) is 35.9 Å². The maximum absolute atomic E-state index is 16.9. The molecular weight excluding hydrogens is 795 g/mol. The van der Waals surface area contributed by atoms with Gasteiger partial charge in [0.05, 0.1) is 11.6 Å². The van der Waals surface area contributed by atoms with Crippen molar-refractivity contribution in [2.45, 2.75) is 38.8 Å². The van der Waals surface area contributed by atoms with Gasteiger partial charge in [0.25, 0.3) is 5.91 Å². The van der Waals surface area contributed by atoms with Crippen LogP contribution in [-0.4, -0.2) is 118 Å². The number of likely N-dealkylation sites (N-methyl/N-ethyl adjacent to an activating group) is 1. The van der Waals surface area contributed by atoms with Crippen LogP contribution in [0, 0.1) is 5.82 Å². The number of phenolic OH excluding ortho intramolecular Hbond substituents is 1. The molecule has 3 N–H and O–H groups in total. The highest BCUT2D eigenvalue weighted by atomic mass is 35.5. The summed E-state index contributed by atoms with van der Waals surface area (Å²) in [6.45, 7) is 4.10. The van der Waals surface area contributed by atoms with Gasteiger partial charge in [-0.3, -0.25) is 29.3 Å². The first-order chi connectivity index (χ1) is 28.9. The van der Waals surface area contributed by atoms with E-state index in [0.717, 1.165) is 0 Å². The molecule has 310 valence electrons. The standard InChI is InChI=1S/C43H42ClFN8O7/c1-24(54)51-13-15-52(16-14-51)40-32-22-33(44)37(31-21-27(55)19-25-5-3-4-6-29(25)31)38(45)39(32)48-43(49-40)46-12-11-36(57)50(2)17-18-60-28-7-8-30-26(20-28)23-53(42(30)59)34-9-10-35(56)47-41(34)58/h3-8,19-22,34,55H,9-18,23H2,1-2H3,(H,46,48,49)(H,47,56,58). The number of piperazine rings is 1. The van der Waals surface area contributed by atoms with Crippen LogP contribution in [-0.2, 0) is 25.7 Å². The molecular formula is C43H42ClFN8O7. The van der Waals surface area contributed by atoms with Crippen LogP contribution in [0.2, 0.25) is 5.02 Å². The zero-order valence-electron chi connectivity index (χ0n) is 33.0. The Kier molecular flexibility index (Phi) is 11.1. The number of hydrogen-bond acceptors (Lipinski definition) is 11. The van der Waals surface area contributed by atoms with Gasteiger partial charge in [-0.25, -0.2) is 9.37 Å². The summed E-state index contributed by atoms with van der Waals surface area (Å²) in [6.07, 6.45) is 0.504. The molecule has 8 rings (SSSR count). The van der Waals surface area contributed by atoms with Crippen LogP contribution in [0.4, 0.5) is 16.2 Å². The number of nitrogens with zero attached hydrogens (tertiary/aromatic N) is 6. The highest BCUT2D eigenvalue weighted by Crippen LogP contribution is 2.42. The predicted molar refractivity (Wildman–Crippen MR) is 222 cm³/mol. The molecule has 15 nitrogen and oxygen atoms in total. The number of nitrogens with one attached hydrogen (secondary N) is 2. The Morgan fingerprint density at radius 1 is 1.02 bits per heavy atom. The zero-order valence-corrected chi connectivity index (χ0v) is 33.7. The lowest BCUT2D eigenvalue weighted by molar-refractivity contribution is -0.137. The Bertz CT molecular complexity index is 2580. The van der Waals surface area contributed by atoms with E-state index in [1.807, 2.05) is 29.2 Å². The summed E-state index contributed by atoms with van der Waals surface area (Å²) in [5, 5.41) is 17.9. The number of carbonyl (C=O) groups is 5. The number of carbonyl (C=O) groups excluding carboxylic acids is 5. The normalized spacial score (nSPS) is 16.6. The maximum Gasteiger partial charge on any atom is 0.255 e.